The van der Waals surface area contributed by atoms with Gasteiger partial charge in [-0.15, -0.1) is 0 Å². The summed E-state index contributed by atoms with van der Waals surface area (Å²) < 4.78 is 0. The molecule has 0 bridgehead atoms. The summed E-state index contributed by atoms with van der Waals surface area (Å²) in [5, 5.41) is 8.23. The molecule has 4 heteroatoms. The monoisotopic (exact) mass is 238 g/mol. The lowest BCUT2D eigenvalue weighted by molar-refractivity contribution is -0.139. The topological polar surface area (TPSA) is 89.3 Å². The minimum absolute atomic E-state index is 0.0208. The summed E-state index contributed by atoms with van der Waals surface area (Å²) in [4.78, 5) is 10.0. The quantitative estimate of drug-likeness (QED) is 0.736. The highest BCUT2D eigenvalue weighted by Gasteiger charge is 2.14. The molecule has 0 radical (unpaired) electrons. The molecular formula is C13H22N2O2. The average Bonchev–Trinajstić information content (AvgIpc) is 2.30. The fourth-order valence-electron chi connectivity index (χ4n) is 1.10. The molecule has 0 fully saturated rings. The van der Waals surface area contributed by atoms with Crippen LogP contribution in [0.25, 0.3) is 0 Å². The van der Waals surface area contributed by atoms with Gasteiger partial charge in [-0.3, -0.25) is 4.79 Å². The molecule has 4 nitrogen and oxygen atoms in total. The minimum Gasteiger partial charge on any atom is -0.480 e. The Balaban J connectivity index is 0.000000304. The Hall–Kier alpha value is -1.39. The number of aliphatic carboxylic acids is 1. The maximum Gasteiger partial charge on any atom is 0.320 e. The van der Waals surface area contributed by atoms with Gasteiger partial charge < -0.3 is 16.6 Å². The van der Waals surface area contributed by atoms with E-state index in [1.807, 2.05) is 18.2 Å². The zero-order chi connectivity index (χ0) is 13.3. The first-order valence-electron chi connectivity index (χ1n) is 5.71. The number of benzene rings is 1. The number of carboxylic acid groups (broad SMARTS) is 1. The van der Waals surface area contributed by atoms with Crippen LogP contribution in [0.2, 0.25) is 0 Å². The first kappa shape index (κ1) is 15.6. The maximum absolute atomic E-state index is 10.0. The number of rotatable bonds is 4. The van der Waals surface area contributed by atoms with Crippen molar-refractivity contribution in [1.82, 2.24) is 0 Å². The Kier molecular flexibility index (Phi) is 8.01. The maximum atomic E-state index is 10.0. The summed E-state index contributed by atoms with van der Waals surface area (Å²) in [5.41, 5.74) is 11.8. The third kappa shape index (κ3) is 7.49. The van der Waals surface area contributed by atoms with Crippen LogP contribution < -0.4 is 11.5 Å². The zero-order valence-corrected chi connectivity index (χ0v) is 10.5. The first-order valence-corrected chi connectivity index (χ1v) is 5.71. The molecule has 1 rings (SSSR count). The van der Waals surface area contributed by atoms with Gasteiger partial charge in [0.25, 0.3) is 0 Å². The van der Waals surface area contributed by atoms with Gasteiger partial charge in [0.1, 0.15) is 6.04 Å². The van der Waals surface area contributed by atoms with E-state index in [-0.39, 0.29) is 5.92 Å². The predicted molar refractivity (Wildman–Crippen MR) is 69.6 cm³/mol. The molecule has 0 aromatic heterocycles. The third-order valence-electron chi connectivity index (χ3n) is 2.28. The molecule has 0 aliphatic heterocycles. The number of carboxylic acids is 1. The largest absolute Gasteiger partial charge is 0.480 e. The van der Waals surface area contributed by atoms with Crippen molar-refractivity contribution in [3.63, 3.8) is 0 Å². The number of carbonyl (C=O) groups is 1. The average molecular weight is 238 g/mol. The molecule has 5 N–H and O–H groups in total. The SMILES string of the molecule is CC(C)[C@H](N)C(=O)O.NCCc1ccccc1. The van der Waals surface area contributed by atoms with Gasteiger partial charge in [0.15, 0.2) is 0 Å². The number of hydrogen-bond donors (Lipinski definition) is 3. The van der Waals surface area contributed by atoms with Gasteiger partial charge in [-0.2, -0.15) is 0 Å². The predicted octanol–water partition coefficient (Wildman–Crippen LogP) is 1.24. The molecule has 17 heavy (non-hydrogen) atoms. The lowest BCUT2D eigenvalue weighted by atomic mass is 10.1. The van der Waals surface area contributed by atoms with Crippen LogP contribution in [0.5, 0.6) is 0 Å². The minimum atomic E-state index is -0.931. The van der Waals surface area contributed by atoms with Crippen molar-refractivity contribution >= 4 is 5.97 Å². The Bertz CT molecular complexity index is 312. The van der Waals surface area contributed by atoms with E-state index in [9.17, 15) is 4.79 Å². The summed E-state index contributed by atoms with van der Waals surface area (Å²) in [7, 11) is 0. The van der Waals surface area contributed by atoms with Gasteiger partial charge >= 0.3 is 5.97 Å². The van der Waals surface area contributed by atoms with Crippen LogP contribution >= 0.6 is 0 Å². The van der Waals surface area contributed by atoms with E-state index in [4.69, 9.17) is 16.6 Å². The second kappa shape index (κ2) is 8.73. The third-order valence-corrected chi connectivity index (χ3v) is 2.28. The van der Waals surface area contributed by atoms with E-state index in [0.717, 1.165) is 13.0 Å². The van der Waals surface area contributed by atoms with Crippen molar-refractivity contribution in [2.24, 2.45) is 17.4 Å². The lowest BCUT2D eigenvalue weighted by Crippen LogP contribution is -2.34. The van der Waals surface area contributed by atoms with Crippen LogP contribution in [-0.2, 0) is 11.2 Å². The summed E-state index contributed by atoms with van der Waals surface area (Å²) in [6.45, 7) is 4.29. The number of nitrogens with two attached hydrogens (primary N) is 2. The van der Waals surface area contributed by atoms with Crippen molar-refractivity contribution in [1.29, 1.82) is 0 Å². The van der Waals surface area contributed by atoms with Crippen molar-refractivity contribution in [3.8, 4) is 0 Å². The molecule has 1 aromatic carbocycles. The van der Waals surface area contributed by atoms with Crippen LogP contribution in [0.4, 0.5) is 0 Å². The molecule has 0 spiro atoms. The highest BCUT2D eigenvalue weighted by atomic mass is 16.4. The first-order chi connectivity index (χ1) is 7.99. The molecule has 0 aliphatic rings. The molecule has 96 valence electrons. The Morgan fingerprint density at radius 1 is 1.29 bits per heavy atom. The van der Waals surface area contributed by atoms with E-state index in [1.54, 1.807) is 13.8 Å². The lowest BCUT2D eigenvalue weighted by Gasteiger charge is -2.07. The van der Waals surface area contributed by atoms with E-state index < -0.39 is 12.0 Å². The van der Waals surface area contributed by atoms with Crippen LogP contribution in [0.1, 0.15) is 19.4 Å². The van der Waals surface area contributed by atoms with Gasteiger partial charge in [-0.05, 0) is 24.4 Å². The smallest absolute Gasteiger partial charge is 0.320 e. The van der Waals surface area contributed by atoms with Crippen molar-refractivity contribution in [3.05, 3.63) is 35.9 Å². The van der Waals surface area contributed by atoms with E-state index in [0.29, 0.717) is 0 Å². The molecule has 1 aromatic rings. The van der Waals surface area contributed by atoms with Gasteiger partial charge in [0.2, 0.25) is 0 Å². The van der Waals surface area contributed by atoms with Gasteiger partial charge in [-0.25, -0.2) is 0 Å². The van der Waals surface area contributed by atoms with Gasteiger partial charge in [0.05, 0.1) is 0 Å². The van der Waals surface area contributed by atoms with Crippen molar-refractivity contribution in [2.45, 2.75) is 26.3 Å². The standard InChI is InChI=1S/C8H11N.C5H11NO2/c9-7-6-8-4-2-1-3-5-8;1-3(2)4(6)5(7)8/h1-5H,6-7,9H2;3-4H,6H2,1-2H3,(H,7,8)/t;4-/m.0/s1. The van der Waals surface area contributed by atoms with Gasteiger partial charge in [-0.1, -0.05) is 44.2 Å². The van der Waals surface area contributed by atoms with Gasteiger partial charge in [0, 0.05) is 0 Å². The van der Waals surface area contributed by atoms with Crippen LogP contribution in [0.15, 0.2) is 30.3 Å². The highest BCUT2D eigenvalue weighted by Crippen LogP contribution is 1.97. The second-order valence-corrected chi connectivity index (χ2v) is 4.13. The second-order valence-electron chi connectivity index (χ2n) is 4.13. The number of hydrogen-bond acceptors (Lipinski definition) is 3. The Labute approximate surface area is 103 Å². The normalized spacial score (nSPS) is 11.6. The zero-order valence-electron chi connectivity index (χ0n) is 10.5. The summed E-state index contributed by atoms with van der Waals surface area (Å²) in [5.74, 6) is -0.910. The van der Waals surface area contributed by atoms with Crippen LogP contribution in [0.3, 0.4) is 0 Å². The van der Waals surface area contributed by atoms with Crippen LogP contribution in [-0.4, -0.2) is 23.7 Å². The summed E-state index contributed by atoms with van der Waals surface area (Å²) in [6.07, 6.45) is 0.987. The molecular weight excluding hydrogens is 216 g/mol. The molecule has 0 saturated heterocycles. The van der Waals surface area contributed by atoms with Crippen molar-refractivity contribution < 1.29 is 9.90 Å². The molecule has 0 saturated carbocycles. The summed E-state index contributed by atoms with van der Waals surface area (Å²) >= 11 is 0. The van der Waals surface area contributed by atoms with E-state index in [1.165, 1.54) is 5.56 Å². The summed E-state index contributed by atoms with van der Waals surface area (Å²) in [6, 6.07) is 9.55. The molecule has 0 heterocycles. The van der Waals surface area contributed by atoms with Crippen molar-refractivity contribution in [2.75, 3.05) is 6.54 Å². The molecule has 1 atom stereocenters. The van der Waals surface area contributed by atoms with E-state index >= 15 is 0 Å². The Morgan fingerprint density at radius 3 is 2.12 bits per heavy atom. The highest BCUT2D eigenvalue weighted by molar-refractivity contribution is 5.73. The molecule has 0 unspecified atom stereocenters. The van der Waals surface area contributed by atoms with E-state index in [2.05, 4.69) is 12.1 Å². The molecule has 0 aliphatic carbocycles. The fourth-order valence-corrected chi connectivity index (χ4v) is 1.10. The van der Waals surface area contributed by atoms with Crippen LogP contribution in [0, 0.1) is 5.92 Å². The molecule has 0 amide bonds. The Morgan fingerprint density at radius 2 is 1.82 bits per heavy atom. The fraction of sp³-hybridized carbons (Fsp3) is 0.462.